The lowest BCUT2D eigenvalue weighted by molar-refractivity contribution is 0.428. The van der Waals surface area contributed by atoms with E-state index in [1.54, 1.807) is 0 Å². The highest BCUT2D eigenvalue weighted by Gasteiger charge is 2.03. The Balaban J connectivity index is 0.000000173. The highest BCUT2D eigenvalue weighted by molar-refractivity contribution is 4.59. The Morgan fingerprint density at radius 2 is 1.33 bits per heavy atom. The van der Waals surface area contributed by atoms with E-state index >= 15 is 0 Å². The van der Waals surface area contributed by atoms with Gasteiger partial charge in [0.15, 0.2) is 0 Å². The fourth-order valence-corrected chi connectivity index (χ4v) is 0. The molecule has 0 saturated heterocycles. The molecular weight excluding hydrogens is 110 g/mol. The molecule has 1 aliphatic rings. The van der Waals surface area contributed by atoms with Gasteiger partial charge in [0.1, 0.15) is 0 Å². The second-order valence-electron chi connectivity index (χ2n) is 3.83. The summed E-state index contributed by atoms with van der Waals surface area (Å²) < 4.78 is 0. The fourth-order valence-electron chi connectivity index (χ4n) is 0. The molecule has 0 heterocycles. The maximum Gasteiger partial charge on any atom is -0.00285 e. The fraction of sp³-hybridized carbons (Fsp3) is 1.00. The molecule has 1 aliphatic carbocycles. The summed E-state index contributed by atoms with van der Waals surface area (Å²) in [6.45, 7) is 7.12. The van der Waals surface area contributed by atoms with Gasteiger partial charge < -0.3 is 5.73 Å². The Labute approximate surface area is 58.6 Å². The van der Waals surface area contributed by atoms with Gasteiger partial charge in [0.2, 0.25) is 0 Å². The molecule has 0 atom stereocenters. The second-order valence-corrected chi connectivity index (χ2v) is 3.83. The van der Waals surface area contributed by atoms with Crippen LogP contribution >= 0.6 is 0 Å². The molecule has 1 rings (SSSR count). The van der Waals surface area contributed by atoms with Crippen molar-refractivity contribution in [3.8, 4) is 0 Å². The van der Waals surface area contributed by atoms with Crippen LogP contribution in [0.5, 0.6) is 0 Å². The van der Waals surface area contributed by atoms with Crippen LogP contribution < -0.4 is 5.73 Å². The normalized spacial score (nSPS) is 16.0. The van der Waals surface area contributed by atoms with Gasteiger partial charge in [0, 0.05) is 0 Å². The topological polar surface area (TPSA) is 26.0 Å². The third-order valence-electron chi connectivity index (χ3n) is 0.966. The summed E-state index contributed by atoms with van der Waals surface area (Å²) in [7, 11) is 0. The molecule has 0 aromatic carbocycles. The Kier molecular flexibility index (Phi) is 3.87. The van der Waals surface area contributed by atoms with E-state index in [0.29, 0.717) is 5.41 Å². The van der Waals surface area contributed by atoms with Crippen LogP contribution in [-0.4, -0.2) is 6.54 Å². The van der Waals surface area contributed by atoms with Gasteiger partial charge in [-0.2, -0.15) is 0 Å². The summed E-state index contributed by atoms with van der Waals surface area (Å²) in [5.74, 6) is 0. The van der Waals surface area contributed by atoms with Crippen molar-refractivity contribution in [1.29, 1.82) is 0 Å². The average molecular weight is 129 g/mol. The third kappa shape index (κ3) is 18.0. The maximum absolute atomic E-state index is 5.31. The van der Waals surface area contributed by atoms with Crippen molar-refractivity contribution in [3.63, 3.8) is 0 Å². The minimum atomic E-state index is 0.319. The van der Waals surface area contributed by atoms with E-state index in [-0.39, 0.29) is 0 Å². The van der Waals surface area contributed by atoms with Gasteiger partial charge in [-0.3, -0.25) is 0 Å². The largest absolute Gasteiger partial charge is 0.330 e. The van der Waals surface area contributed by atoms with E-state index in [2.05, 4.69) is 20.8 Å². The molecule has 9 heavy (non-hydrogen) atoms. The predicted octanol–water partition coefficient (Wildman–Crippen LogP) is 2.16. The highest BCUT2D eigenvalue weighted by atomic mass is 14.6. The molecule has 1 saturated carbocycles. The summed E-state index contributed by atoms with van der Waals surface area (Å²) >= 11 is 0. The summed E-state index contributed by atoms with van der Waals surface area (Å²) in [4.78, 5) is 0. The molecule has 0 amide bonds. The van der Waals surface area contributed by atoms with Crippen molar-refractivity contribution in [3.05, 3.63) is 0 Å². The molecule has 1 heteroatoms. The molecule has 1 fully saturated rings. The molecule has 0 unspecified atom stereocenters. The van der Waals surface area contributed by atoms with Gasteiger partial charge >= 0.3 is 0 Å². The lowest BCUT2D eigenvalue weighted by Gasteiger charge is -2.12. The van der Waals surface area contributed by atoms with E-state index in [4.69, 9.17) is 5.73 Å². The first-order valence-corrected chi connectivity index (χ1v) is 3.76. The Morgan fingerprint density at radius 1 is 1.11 bits per heavy atom. The monoisotopic (exact) mass is 129 g/mol. The molecule has 0 bridgehead atoms. The van der Waals surface area contributed by atoms with Crippen LogP contribution in [0.2, 0.25) is 0 Å². The van der Waals surface area contributed by atoms with Crippen molar-refractivity contribution < 1.29 is 0 Å². The Hall–Kier alpha value is -0.0400. The first kappa shape index (κ1) is 8.96. The van der Waals surface area contributed by atoms with Crippen molar-refractivity contribution in [2.45, 2.75) is 40.0 Å². The van der Waals surface area contributed by atoms with Crippen molar-refractivity contribution in [2.75, 3.05) is 6.54 Å². The standard InChI is InChI=1S/C5H13N.C3H6/c1-5(2,3)4-6;1-2-3-1/h4,6H2,1-3H3;1-3H2. The number of nitrogens with two attached hydrogens (primary N) is 1. The smallest absolute Gasteiger partial charge is 0.00285 e. The van der Waals surface area contributed by atoms with Crippen molar-refractivity contribution in [2.24, 2.45) is 11.1 Å². The quantitative estimate of drug-likeness (QED) is 0.533. The Morgan fingerprint density at radius 3 is 1.33 bits per heavy atom. The van der Waals surface area contributed by atoms with E-state index < -0.39 is 0 Å². The van der Waals surface area contributed by atoms with Crippen LogP contribution in [-0.2, 0) is 0 Å². The van der Waals surface area contributed by atoms with Crippen molar-refractivity contribution >= 4 is 0 Å². The van der Waals surface area contributed by atoms with Crippen LogP contribution in [0, 0.1) is 5.41 Å². The lowest BCUT2D eigenvalue weighted by Crippen LogP contribution is -2.18. The summed E-state index contributed by atoms with van der Waals surface area (Å²) in [5, 5.41) is 0. The lowest BCUT2D eigenvalue weighted by atomic mass is 9.98. The van der Waals surface area contributed by atoms with Crippen LogP contribution in [0.25, 0.3) is 0 Å². The van der Waals surface area contributed by atoms with E-state index in [1.165, 1.54) is 19.3 Å². The van der Waals surface area contributed by atoms with Gasteiger partial charge in [0.05, 0.1) is 0 Å². The van der Waals surface area contributed by atoms with Gasteiger partial charge in [-0.05, 0) is 12.0 Å². The minimum absolute atomic E-state index is 0.319. The number of hydrogen-bond acceptors (Lipinski definition) is 1. The SMILES string of the molecule is C1CC1.CC(C)(C)CN. The third-order valence-corrected chi connectivity index (χ3v) is 0.966. The van der Waals surface area contributed by atoms with Crippen molar-refractivity contribution in [1.82, 2.24) is 0 Å². The van der Waals surface area contributed by atoms with E-state index in [1.807, 2.05) is 0 Å². The number of hydrogen-bond donors (Lipinski definition) is 1. The van der Waals surface area contributed by atoms with E-state index in [9.17, 15) is 0 Å². The zero-order valence-electron chi connectivity index (χ0n) is 6.91. The summed E-state index contributed by atoms with van der Waals surface area (Å²) in [5.41, 5.74) is 5.62. The molecule has 56 valence electrons. The van der Waals surface area contributed by atoms with Gasteiger partial charge in [-0.25, -0.2) is 0 Å². The molecule has 0 aliphatic heterocycles. The summed E-state index contributed by atoms with van der Waals surface area (Å²) in [6, 6.07) is 0. The first-order valence-electron chi connectivity index (χ1n) is 3.76. The van der Waals surface area contributed by atoms with E-state index in [0.717, 1.165) is 6.54 Å². The molecule has 1 nitrogen and oxygen atoms in total. The predicted molar refractivity (Wildman–Crippen MR) is 42.4 cm³/mol. The number of rotatable bonds is 0. The highest BCUT2D eigenvalue weighted by Crippen LogP contribution is 2.14. The molecule has 0 aromatic heterocycles. The van der Waals surface area contributed by atoms with Crippen LogP contribution in [0.15, 0.2) is 0 Å². The molecule has 0 spiro atoms. The second kappa shape index (κ2) is 3.89. The average Bonchev–Trinajstić information content (AvgIpc) is 2.45. The van der Waals surface area contributed by atoms with Crippen LogP contribution in [0.4, 0.5) is 0 Å². The maximum atomic E-state index is 5.31. The first-order chi connectivity index (χ1) is 4.06. The molecule has 2 N–H and O–H groups in total. The van der Waals surface area contributed by atoms with Crippen LogP contribution in [0.3, 0.4) is 0 Å². The zero-order chi connectivity index (χ0) is 7.33. The summed E-state index contributed by atoms with van der Waals surface area (Å²) in [6.07, 6.45) is 4.50. The Bertz CT molecular complexity index is 56.7. The van der Waals surface area contributed by atoms with Gasteiger partial charge in [0.25, 0.3) is 0 Å². The minimum Gasteiger partial charge on any atom is -0.330 e. The zero-order valence-corrected chi connectivity index (χ0v) is 6.91. The molecular formula is C8H19N. The van der Waals surface area contributed by atoms with Gasteiger partial charge in [-0.1, -0.05) is 40.0 Å². The molecule has 0 aromatic rings. The molecule has 0 radical (unpaired) electrons. The van der Waals surface area contributed by atoms with Gasteiger partial charge in [-0.15, -0.1) is 0 Å². The van der Waals surface area contributed by atoms with Crippen LogP contribution in [0.1, 0.15) is 40.0 Å².